The molecule has 0 spiro atoms. The molecule has 0 saturated heterocycles. The molecule has 1 N–H and O–H groups in total. The molecule has 1 amide bonds. The van der Waals surface area contributed by atoms with Crippen LogP contribution in [0.3, 0.4) is 0 Å². The van der Waals surface area contributed by atoms with Crippen LogP contribution in [-0.2, 0) is 25.3 Å². The van der Waals surface area contributed by atoms with Crippen LogP contribution in [0.2, 0.25) is 0 Å². The van der Waals surface area contributed by atoms with Gasteiger partial charge in [0.1, 0.15) is 5.75 Å². The molecule has 2 aromatic rings. The number of rotatable bonds is 6. The standard InChI is InChI=1S/C19H23N3O4/c1-13-5-7-16(26-4)14(11-13)9-10-20-17(23)8-6-15-12-21(2)19(25)22(3)18(15)24/h5-8,11-12H,9-10H2,1-4H3,(H,20,23)/b8-6+. The SMILES string of the molecule is COc1ccc(C)cc1CCNC(=O)/C=C/c1cn(C)c(=O)n(C)c1=O. The van der Waals surface area contributed by atoms with E-state index in [-0.39, 0.29) is 11.5 Å². The Balaban J connectivity index is 2.00. The highest BCUT2D eigenvalue weighted by atomic mass is 16.5. The minimum absolute atomic E-state index is 0.269. The molecule has 138 valence electrons. The maximum atomic E-state index is 12.0. The number of aryl methyl sites for hydroxylation is 2. The van der Waals surface area contributed by atoms with E-state index in [1.807, 2.05) is 25.1 Å². The van der Waals surface area contributed by atoms with Crippen LogP contribution in [0.5, 0.6) is 5.75 Å². The summed E-state index contributed by atoms with van der Waals surface area (Å²) in [5, 5.41) is 2.77. The lowest BCUT2D eigenvalue weighted by Gasteiger charge is -2.09. The highest BCUT2D eigenvalue weighted by Crippen LogP contribution is 2.19. The Morgan fingerprint density at radius 3 is 2.69 bits per heavy atom. The summed E-state index contributed by atoms with van der Waals surface area (Å²) in [6.45, 7) is 2.44. The third kappa shape index (κ3) is 4.50. The first kappa shape index (κ1) is 19.2. The number of amides is 1. The minimum atomic E-state index is -0.443. The predicted octanol–water partition coefficient (Wildman–Crippen LogP) is 0.773. The summed E-state index contributed by atoms with van der Waals surface area (Å²) in [4.78, 5) is 35.6. The largest absolute Gasteiger partial charge is 0.496 e. The molecule has 2 rings (SSSR count). The van der Waals surface area contributed by atoms with Gasteiger partial charge < -0.3 is 14.6 Å². The van der Waals surface area contributed by atoms with E-state index in [2.05, 4.69) is 5.32 Å². The maximum absolute atomic E-state index is 12.0. The average Bonchev–Trinajstić information content (AvgIpc) is 2.62. The second-order valence-electron chi connectivity index (χ2n) is 6.03. The second kappa shape index (κ2) is 8.33. The normalized spacial score (nSPS) is 10.9. The van der Waals surface area contributed by atoms with Gasteiger partial charge in [-0.1, -0.05) is 17.7 Å². The van der Waals surface area contributed by atoms with E-state index in [0.29, 0.717) is 13.0 Å². The zero-order valence-corrected chi connectivity index (χ0v) is 15.4. The number of hydrogen-bond donors (Lipinski definition) is 1. The van der Waals surface area contributed by atoms with Crippen molar-refractivity contribution in [1.29, 1.82) is 0 Å². The van der Waals surface area contributed by atoms with Gasteiger partial charge in [-0.05, 0) is 31.1 Å². The highest BCUT2D eigenvalue weighted by Gasteiger charge is 2.06. The fourth-order valence-corrected chi connectivity index (χ4v) is 2.60. The predicted molar refractivity (Wildman–Crippen MR) is 100 cm³/mol. The molecule has 26 heavy (non-hydrogen) atoms. The first-order valence-corrected chi connectivity index (χ1v) is 8.19. The summed E-state index contributed by atoms with van der Waals surface area (Å²) in [7, 11) is 4.56. The molecule has 1 heterocycles. The number of nitrogens with one attached hydrogen (secondary N) is 1. The lowest BCUT2D eigenvalue weighted by molar-refractivity contribution is -0.116. The summed E-state index contributed by atoms with van der Waals surface area (Å²) in [6.07, 6.45) is 4.73. The number of hydrogen-bond acceptors (Lipinski definition) is 4. The Morgan fingerprint density at radius 2 is 2.00 bits per heavy atom. The summed E-state index contributed by atoms with van der Waals surface area (Å²) >= 11 is 0. The van der Waals surface area contributed by atoms with Gasteiger partial charge in [-0.25, -0.2) is 4.79 Å². The molecule has 0 atom stereocenters. The molecule has 0 aliphatic heterocycles. The topological polar surface area (TPSA) is 82.3 Å². The van der Waals surface area contributed by atoms with Crippen LogP contribution in [0, 0.1) is 6.92 Å². The van der Waals surface area contributed by atoms with E-state index < -0.39 is 11.2 Å². The van der Waals surface area contributed by atoms with E-state index in [1.54, 1.807) is 14.2 Å². The van der Waals surface area contributed by atoms with Crippen molar-refractivity contribution < 1.29 is 9.53 Å². The molecule has 0 saturated carbocycles. The van der Waals surface area contributed by atoms with Crippen molar-refractivity contribution >= 4 is 12.0 Å². The summed E-state index contributed by atoms with van der Waals surface area (Å²) in [5.41, 5.74) is 1.55. The van der Waals surface area contributed by atoms with Gasteiger partial charge >= 0.3 is 5.69 Å². The van der Waals surface area contributed by atoms with Crippen LogP contribution in [0.4, 0.5) is 0 Å². The molecule has 7 heteroatoms. The van der Waals surface area contributed by atoms with Crippen LogP contribution in [-0.4, -0.2) is 28.7 Å². The van der Waals surface area contributed by atoms with Crippen LogP contribution >= 0.6 is 0 Å². The van der Waals surface area contributed by atoms with E-state index in [9.17, 15) is 14.4 Å². The fraction of sp³-hybridized carbons (Fsp3) is 0.316. The number of aromatic nitrogens is 2. The molecule has 1 aromatic carbocycles. The smallest absolute Gasteiger partial charge is 0.330 e. The Bertz CT molecular complexity index is 954. The van der Waals surface area contributed by atoms with Crippen molar-refractivity contribution in [3.8, 4) is 5.75 Å². The lowest BCUT2D eigenvalue weighted by Crippen LogP contribution is -2.37. The van der Waals surface area contributed by atoms with Crippen molar-refractivity contribution in [2.75, 3.05) is 13.7 Å². The third-order valence-electron chi connectivity index (χ3n) is 4.02. The van der Waals surface area contributed by atoms with Crippen molar-refractivity contribution in [3.05, 3.63) is 68.0 Å². The van der Waals surface area contributed by atoms with E-state index >= 15 is 0 Å². The Kier molecular flexibility index (Phi) is 6.16. The van der Waals surface area contributed by atoms with Crippen LogP contribution in [0.25, 0.3) is 6.08 Å². The summed E-state index contributed by atoms with van der Waals surface area (Å²) < 4.78 is 7.61. The Hall–Kier alpha value is -3.09. The van der Waals surface area contributed by atoms with Gasteiger partial charge in [0, 0.05) is 32.9 Å². The van der Waals surface area contributed by atoms with Crippen molar-refractivity contribution in [2.45, 2.75) is 13.3 Å². The fourth-order valence-electron chi connectivity index (χ4n) is 2.60. The molecule has 0 unspecified atom stereocenters. The van der Waals surface area contributed by atoms with Gasteiger partial charge in [-0.15, -0.1) is 0 Å². The molecular formula is C19H23N3O4. The quantitative estimate of drug-likeness (QED) is 0.775. The monoisotopic (exact) mass is 357 g/mol. The van der Waals surface area contributed by atoms with Crippen LogP contribution in [0.15, 0.2) is 40.1 Å². The first-order valence-electron chi connectivity index (χ1n) is 8.19. The molecule has 1 aromatic heterocycles. The number of carbonyl (C=O) groups excluding carboxylic acids is 1. The average molecular weight is 357 g/mol. The second-order valence-corrected chi connectivity index (χ2v) is 6.03. The van der Waals surface area contributed by atoms with Gasteiger partial charge in [-0.3, -0.25) is 14.2 Å². The lowest BCUT2D eigenvalue weighted by atomic mass is 10.1. The zero-order chi connectivity index (χ0) is 19.3. The van der Waals surface area contributed by atoms with E-state index in [4.69, 9.17) is 4.74 Å². The number of methoxy groups -OCH3 is 1. The van der Waals surface area contributed by atoms with Crippen molar-refractivity contribution in [1.82, 2.24) is 14.5 Å². The molecular weight excluding hydrogens is 334 g/mol. The highest BCUT2D eigenvalue weighted by molar-refractivity contribution is 5.91. The molecule has 0 aliphatic rings. The number of ether oxygens (including phenoxy) is 1. The van der Waals surface area contributed by atoms with Crippen molar-refractivity contribution in [3.63, 3.8) is 0 Å². The van der Waals surface area contributed by atoms with E-state index in [0.717, 1.165) is 21.4 Å². The van der Waals surface area contributed by atoms with Gasteiger partial charge in [0.25, 0.3) is 5.56 Å². The third-order valence-corrected chi connectivity index (χ3v) is 4.02. The van der Waals surface area contributed by atoms with Crippen molar-refractivity contribution in [2.24, 2.45) is 14.1 Å². The zero-order valence-electron chi connectivity index (χ0n) is 15.4. The Morgan fingerprint density at radius 1 is 1.27 bits per heavy atom. The summed E-state index contributed by atoms with van der Waals surface area (Å²) in [5.74, 6) is 0.474. The van der Waals surface area contributed by atoms with Gasteiger partial charge in [0.2, 0.25) is 5.91 Å². The number of carbonyl (C=O) groups is 1. The maximum Gasteiger partial charge on any atom is 0.330 e. The molecule has 0 radical (unpaired) electrons. The Labute approximate surface area is 151 Å². The van der Waals surface area contributed by atoms with Gasteiger partial charge in [0.15, 0.2) is 0 Å². The van der Waals surface area contributed by atoms with E-state index in [1.165, 1.54) is 30.0 Å². The van der Waals surface area contributed by atoms with Crippen LogP contribution < -0.4 is 21.3 Å². The first-order chi connectivity index (χ1) is 12.3. The van der Waals surface area contributed by atoms with Crippen LogP contribution in [0.1, 0.15) is 16.7 Å². The molecule has 7 nitrogen and oxygen atoms in total. The molecule has 0 bridgehead atoms. The van der Waals surface area contributed by atoms with Gasteiger partial charge in [0.05, 0.1) is 12.7 Å². The minimum Gasteiger partial charge on any atom is -0.496 e. The van der Waals surface area contributed by atoms with Gasteiger partial charge in [-0.2, -0.15) is 0 Å². The molecule has 0 aliphatic carbocycles. The summed E-state index contributed by atoms with van der Waals surface area (Å²) in [6, 6.07) is 5.90. The number of benzene rings is 1. The molecule has 0 fully saturated rings. The number of nitrogens with zero attached hydrogens (tertiary/aromatic N) is 2.